The molecule has 0 fully saturated rings. The molecule has 1 aliphatic heterocycles. The van der Waals surface area contributed by atoms with Gasteiger partial charge in [0.15, 0.2) is 0 Å². The zero-order chi connectivity index (χ0) is 25.7. The summed E-state index contributed by atoms with van der Waals surface area (Å²) >= 11 is 0. The van der Waals surface area contributed by atoms with Crippen LogP contribution in [-0.2, 0) is 12.5 Å². The van der Waals surface area contributed by atoms with Crippen LogP contribution in [0.5, 0.6) is 0 Å². The highest BCUT2D eigenvalue weighted by Gasteiger charge is 2.46. The van der Waals surface area contributed by atoms with E-state index < -0.39 is 5.41 Å². The zero-order valence-electron chi connectivity index (χ0n) is 21.1. The Bertz CT molecular complexity index is 1770. The number of aromatic nitrogens is 1. The molecular formula is C35H26N2O. The van der Waals surface area contributed by atoms with Crippen LogP contribution in [0.3, 0.4) is 0 Å². The summed E-state index contributed by atoms with van der Waals surface area (Å²) in [7, 11) is 1.80. The molecule has 1 aromatic heterocycles. The summed E-state index contributed by atoms with van der Waals surface area (Å²) in [6.07, 6.45) is 1.82. The maximum atomic E-state index is 13.1. The second-order valence-electron chi connectivity index (χ2n) is 9.86. The molecule has 6 aromatic rings. The monoisotopic (exact) mass is 490 g/mol. The molecule has 0 bridgehead atoms. The van der Waals surface area contributed by atoms with E-state index in [0.29, 0.717) is 5.39 Å². The Morgan fingerprint density at radius 3 is 1.68 bits per heavy atom. The number of nitrogens with zero attached hydrogens (tertiary/aromatic N) is 2. The Morgan fingerprint density at radius 1 is 0.579 bits per heavy atom. The van der Waals surface area contributed by atoms with Crippen molar-refractivity contribution in [2.75, 3.05) is 4.90 Å². The molecule has 0 spiro atoms. The van der Waals surface area contributed by atoms with Gasteiger partial charge in [0.05, 0.1) is 16.8 Å². The van der Waals surface area contributed by atoms with E-state index in [9.17, 15) is 4.79 Å². The summed E-state index contributed by atoms with van der Waals surface area (Å²) in [6, 6.07) is 47.1. The predicted molar refractivity (Wildman–Crippen MR) is 156 cm³/mol. The van der Waals surface area contributed by atoms with Gasteiger partial charge in [-0.15, -0.1) is 0 Å². The summed E-state index contributed by atoms with van der Waals surface area (Å²) in [4.78, 5) is 15.4. The minimum absolute atomic E-state index is 0.00541. The van der Waals surface area contributed by atoms with E-state index in [1.54, 1.807) is 11.6 Å². The van der Waals surface area contributed by atoms with Crippen LogP contribution in [0.4, 0.5) is 17.1 Å². The van der Waals surface area contributed by atoms with Gasteiger partial charge in [-0.05, 0) is 58.0 Å². The lowest BCUT2D eigenvalue weighted by atomic mass is 9.62. The van der Waals surface area contributed by atoms with E-state index in [2.05, 4.69) is 120 Å². The first kappa shape index (κ1) is 22.3. The van der Waals surface area contributed by atoms with Gasteiger partial charge in [-0.3, -0.25) is 4.79 Å². The lowest BCUT2D eigenvalue weighted by molar-refractivity contribution is 0.731. The predicted octanol–water partition coefficient (Wildman–Crippen LogP) is 7.70. The molecule has 3 heteroatoms. The van der Waals surface area contributed by atoms with Crippen LogP contribution >= 0.6 is 0 Å². The van der Waals surface area contributed by atoms with Gasteiger partial charge in [0.2, 0.25) is 0 Å². The van der Waals surface area contributed by atoms with Gasteiger partial charge < -0.3 is 9.47 Å². The Kier molecular flexibility index (Phi) is 5.05. The summed E-state index contributed by atoms with van der Waals surface area (Å²) in [5.74, 6) is 0. The highest BCUT2D eigenvalue weighted by atomic mass is 16.1. The fourth-order valence-electron chi connectivity index (χ4n) is 6.15. The molecule has 0 unspecified atom stereocenters. The largest absolute Gasteiger partial charge is 0.318 e. The molecule has 0 atom stereocenters. The van der Waals surface area contributed by atoms with Crippen molar-refractivity contribution in [1.82, 2.24) is 4.57 Å². The Hall–Kier alpha value is -4.89. The van der Waals surface area contributed by atoms with Crippen molar-refractivity contribution in [2.45, 2.75) is 5.41 Å². The van der Waals surface area contributed by atoms with Gasteiger partial charge in [-0.1, -0.05) is 103 Å². The lowest BCUT2D eigenvalue weighted by Gasteiger charge is -2.46. The maximum absolute atomic E-state index is 13.1. The standard InChI is InChI=1S/C35H26N2O/c1-36-23-22-25-20-21-28(24-29(25)34(36)38)37-32-18-10-8-16-30(32)35(26-12-4-2-5-13-26,27-14-6-3-7-15-27)31-17-9-11-19-33(31)37/h2-24H,1H3. The number of anilines is 3. The minimum atomic E-state index is -0.501. The molecule has 0 amide bonds. The molecule has 5 aromatic carbocycles. The number of aryl methyl sites for hydroxylation is 1. The fourth-order valence-corrected chi connectivity index (χ4v) is 6.15. The second-order valence-corrected chi connectivity index (χ2v) is 9.86. The molecular weight excluding hydrogens is 464 g/mol. The van der Waals surface area contributed by atoms with Crippen molar-refractivity contribution < 1.29 is 0 Å². The molecule has 7 rings (SSSR count). The van der Waals surface area contributed by atoms with Crippen molar-refractivity contribution >= 4 is 27.8 Å². The number of fused-ring (bicyclic) bond motifs is 3. The van der Waals surface area contributed by atoms with E-state index in [1.807, 2.05) is 24.4 Å². The SMILES string of the molecule is Cn1ccc2ccc(N3c4ccccc4C(c4ccccc4)(c4ccccc4)c4ccccc43)cc2c1=O. The first-order valence-corrected chi connectivity index (χ1v) is 12.9. The van der Waals surface area contributed by atoms with Gasteiger partial charge in [-0.25, -0.2) is 0 Å². The van der Waals surface area contributed by atoms with Crippen LogP contribution in [0.25, 0.3) is 10.8 Å². The van der Waals surface area contributed by atoms with Gasteiger partial charge in [-0.2, -0.15) is 0 Å². The van der Waals surface area contributed by atoms with Crippen LogP contribution < -0.4 is 10.5 Å². The zero-order valence-corrected chi connectivity index (χ0v) is 21.1. The molecule has 0 saturated carbocycles. The van der Waals surface area contributed by atoms with E-state index in [4.69, 9.17) is 0 Å². The molecule has 2 heterocycles. The van der Waals surface area contributed by atoms with Crippen LogP contribution in [0.1, 0.15) is 22.3 Å². The van der Waals surface area contributed by atoms with Crippen LogP contribution in [-0.4, -0.2) is 4.57 Å². The Morgan fingerprint density at radius 2 is 1.11 bits per heavy atom. The van der Waals surface area contributed by atoms with E-state index >= 15 is 0 Å². The number of para-hydroxylation sites is 2. The number of pyridine rings is 1. The van der Waals surface area contributed by atoms with Crippen molar-refractivity contribution in [3.8, 4) is 0 Å². The quantitative estimate of drug-likeness (QED) is 0.253. The fraction of sp³-hybridized carbons (Fsp3) is 0.0571. The van der Waals surface area contributed by atoms with Crippen molar-refractivity contribution in [3.05, 3.63) is 172 Å². The summed E-state index contributed by atoms with van der Waals surface area (Å²) in [5, 5.41) is 1.66. The Balaban J connectivity index is 1.60. The van der Waals surface area contributed by atoms with Crippen LogP contribution in [0.15, 0.2) is 144 Å². The number of hydrogen-bond donors (Lipinski definition) is 0. The average Bonchev–Trinajstić information content (AvgIpc) is 2.99. The highest BCUT2D eigenvalue weighted by Crippen LogP contribution is 2.57. The molecule has 0 saturated heterocycles. The summed E-state index contributed by atoms with van der Waals surface area (Å²) in [5.41, 5.74) is 7.53. The molecule has 182 valence electrons. The molecule has 3 nitrogen and oxygen atoms in total. The van der Waals surface area contributed by atoms with Gasteiger partial charge in [0, 0.05) is 24.3 Å². The molecule has 0 N–H and O–H groups in total. The summed E-state index contributed by atoms with van der Waals surface area (Å²) in [6.45, 7) is 0. The highest BCUT2D eigenvalue weighted by molar-refractivity contribution is 5.93. The lowest BCUT2D eigenvalue weighted by Crippen LogP contribution is -2.37. The van der Waals surface area contributed by atoms with Crippen LogP contribution in [0.2, 0.25) is 0 Å². The normalized spacial score (nSPS) is 13.7. The van der Waals surface area contributed by atoms with E-state index in [-0.39, 0.29) is 5.56 Å². The smallest absolute Gasteiger partial charge is 0.258 e. The maximum Gasteiger partial charge on any atom is 0.258 e. The van der Waals surface area contributed by atoms with Crippen molar-refractivity contribution in [1.29, 1.82) is 0 Å². The van der Waals surface area contributed by atoms with E-state index in [0.717, 1.165) is 22.4 Å². The second kappa shape index (κ2) is 8.60. The van der Waals surface area contributed by atoms with Crippen molar-refractivity contribution in [2.24, 2.45) is 7.05 Å². The summed E-state index contributed by atoms with van der Waals surface area (Å²) < 4.78 is 1.64. The molecule has 0 aliphatic carbocycles. The molecule has 1 aliphatic rings. The first-order valence-electron chi connectivity index (χ1n) is 12.9. The average molecular weight is 491 g/mol. The Labute approximate surface area is 221 Å². The van der Waals surface area contributed by atoms with Crippen LogP contribution in [0, 0.1) is 0 Å². The van der Waals surface area contributed by atoms with Crippen molar-refractivity contribution in [3.63, 3.8) is 0 Å². The van der Waals surface area contributed by atoms with Gasteiger partial charge >= 0.3 is 0 Å². The van der Waals surface area contributed by atoms with Gasteiger partial charge in [0.1, 0.15) is 0 Å². The number of rotatable bonds is 3. The minimum Gasteiger partial charge on any atom is -0.318 e. The first-order chi connectivity index (χ1) is 18.7. The number of benzene rings is 5. The van der Waals surface area contributed by atoms with E-state index in [1.165, 1.54) is 22.3 Å². The third-order valence-corrected chi connectivity index (χ3v) is 7.84. The third-order valence-electron chi connectivity index (χ3n) is 7.84. The topological polar surface area (TPSA) is 25.2 Å². The third kappa shape index (κ3) is 3.12. The molecule has 0 radical (unpaired) electrons. The van der Waals surface area contributed by atoms with Gasteiger partial charge in [0.25, 0.3) is 5.56 Å². The number of hydrogen-bond acceptors (Lipinski definition) is 2. The molecule has 38 heavy (non-hydrogen) atoms.